The summed E-state index contributed by atoms with van der Waals surface area (Å²) in [5.74, 6) is -5.35. The van der Waals surface area contributed by atoms with Crippen molar-refractivity contribution in [3.05, 3.63) is 32.5 Å². The van der Waals surface area contributed by atoms with Gasteiger partial charge in [-0.1, -0.05) is 24.4 Å². The summed E-state index contributed by atoms with van der Waals surface area (Å²) >= 11 is 8.27. The molecule has 2 rings (SSSR count). The molecule has 1 aliphatic carbocycles. The summed E-state index contributed by atoms with van der Waals surface area (Å²) in [5, 5.41) is 8.66. The molecule has 0 unspecified atom stereocenters. The molecule has 0 spiro atoms. The lowest BCUT2D eigenvalue weighted by molar-refractivity contribution is -0.143. The van der Waals surface area contributed by atoms with E-state index in [-0.39, 0.29) is 12.8 Å². The van der Waals surface area contributed by atoms with Crippen LogP contribution in [0.4, 0.5) is 13.2 Å². The van der Waals surface area contributed by atoms with Gasteiger partial charge in [-0.2, -0.15) is 0 Å². The summed E-state index contributed by atoms with van der Waals surface area (Å²) in [6, 6.07) is 0. The molecular weight excluding hydrogens is 348 g/mol. The predicted molar refractivity (Wildman–Crippen MR) is 66.8 cm³/mol. The molecule has 0 radical (unpaired) electrons. The van der Waals surface area contributed by atoms with E-state index in [9.17, 15) is 23.1 Å². The first kappa shape index (κ1) is 14.7. The van der Waals surface area contributed by atoms with Gasteiger partial charge in [0.25, 0.3) is 0 Å². The predicted octanol–water partition coefficient (Wildman–Crippen LogP) is 4.42. The third-order valence-corrected chi connectivity index (χ3v) is 4.61. The van der Waals surface area contributed by atoms with Gasteiger partial charge < -0.3 is 5.11 Å². The number of benzene rings is 1. The summed E-state index contributed by atoms with van der Waals surface area (Å²) in [6.07, 6.45) is 1.31. The lowest BCUT2D eigenvalue weighted by Gasteiger charge is -2.26. The Bertz CT molecular complexity index is 527. The minimum atomic E-state index is -1.65. The van der Waals surface area contributed by atoms with Crippen LogP contribution >= 0.6 is 27.5 Å². The second-order valence-corrected chi connectivity index (χ2v) is 5.71. The zero-order chi connectivity index (χ0) is 14.4. The molecule has 19 heavy (non-hydrogen) atoms. The number of halogens is 5. The number of rotatable bonds is 2. The van der Waals surface area contributed by atoms with Gasteiger partial charge in [-0.05, 0) is 28.8 Å². The zero-order valence-corrected chi connectivity index (χ0v) is 11.9. The first-order valence-electron chi connectivity index (χ1n) is 5.58. The van der Waals surface area contributed by atoms with Gasteiger partial charge in [0.05, 0.1) is 14.9 Å². The van der Waals surface area contributed by atoms with Gasteiger partial charge in [-0.15, -0.1) is 0 Å². The standard InChI is InChI=1S/C12H9BrClF3O2/c13-6-9(16)7(14)5(8(15)10(6)17)12(11(18)19)3-1-2-4-12/h1-4H2,(H,18,19). The zero-order valence-electron chi connectivity index (χ0n) is 9.57. The van der Waals surface area contributed by atoms with Crippen LogP contribution in [0.3, 0.4) is 0 Å². The van der Waals surface area contributed by atoms with Crippen LogP contribution in [0, 0.1) is 17.5 Å². The van der Waals surface area contributed by atoms with E-state index in [2.05, 4.69) is 15.9 Å². The van der Waals surface area contributed by atoms with E-state index in [4.69, 9.17) is 11.6 Å². The molecule has 0 aliphatic heterocycles. The van der Waals surface area contributed by atoms with Crippen LogP contribution in [0.15, 0.2) is 4.47 Å². The Hall–Kier alpha value is -0.750. The third-order valence-electron chi connectivity index (χ3n) is 3.55. The number of hydrogen-bond acceptors (Lipinski definition) is 1. The number of carboxylic acid groups (broad SMARTS) is 1. The average Bonchev–Trinajstić information content (AvgIpc) is 2.85. The maximum atomic E-state index is 14.0. The van der Waals surface area contributed by atoms with Crippen molar-refractivity contribution in [3.63, 3.8) is 0 Å². The molecule has 0 saturated heterocycles. The van der Waals surface area contributed by atoms with E-state index in [1.54, 1.807) is 0 Å². The Balaban J connectivity index is 2.78. The topological polar surface area (TPSA) is 37.3 Å². The van der Waals surface area contributed by atoms with Gasteiger partial charge in [0.1, 0.15) is 0 Å². The molecular formula is C12H9BrClF3O2. The Morgan fingerprint density at radius 3 is 2.16 bits per heavy atom. The second kappa shape index (κ2) is 4.98. The van der Waals surface area contributed by atoms with Gasteiger partial charge in [0.15, 0.2) is 17.5 Å². The monoisotopic (exact) mass is 356 g/mol. The quantitative estimate of drug-likeness (QED) is 0.628. The highest BCUT2D eigenvalue weighted by Gasteiger charge is 2.48. The van der Waals surface area contributed by atoms with Crippen LogP contribution in [0.25, 0.3) is 0 Å². The lowest BCUT2D eigenvalue weighted by Crippen LogP contribution is -2.34. The fraction of sp³-hybridized carbons (Fsp3) is 0.417. The number of hydrogen-bond donors (Lipinski definition) is 1. The van der Waals surface area contributed by atoms with Crippen LogP contribution in [0.5, 0.6) is 0 Å². The first-order chi connectivity index (χ1) is 8.83. The smallest absolute Gasteiger partial charge is 0.314 e. The van der Waals surface area contributed by atoms with Gasteiger partial charge in [-0.3, -0.25) is 4.79 Å². The maximum Gasteiger partial charge on any atom is 0.314 e. The highest BCUT2D eigenvalue weighted by Crippen LogP contribution is 2.47. The van der Waals surface area contributed by atoms with Crippen molar-refractivity contribution in [1.29, 1.82) is 0 Å². The van der Waals surface area contributed by atoms with E-state index < -0.39 is 43.9 Å². The van der Waals surface area contributed by atoms with Crippen molar-refractivity contribution in [2.24, 2.45) is 0 Å². The second-order valence-electron chi connectivity index (χ2n) is 4.54. The average molecular weight is 358 g/mol. The molecule has 1 aromatic rings. The molecule has 0 bridgehead atoms. The summed E-state index contributed by atoms with van der Waals surface area (Å²) in [5.41, 5.74) is -2.24. The molecule has 1 aromatic carbocycles. The molecule has 1 fully saturated rings. The summed E-state index contributed by atoms with van der Waals surface area (Å²) in [6.45, 7) is 0. The fourth-order valence-electron chi connectivity index (χ4n) is 2.57. The van der Waals surface area contributed by atoms with Crippen molar-refractivity contribution in [3.8, 4) is 0 Å². The first-order valence-corrected chi connectivity index (χ1v) is 6.75. The van der Waals surface area contributed by atoms with E-state index in [0.29, 0.717) is 12.8 Å². The van der Waals surface area contributed by atoms with Crippen LogP contribution in [0.1, 0.15) is 31.2 Å². The van der Waals surface area contributed by atoms with E-state index in [0.717, 1.165) is 0 Å². The van der Waals surface area contributed by atoms with Crippen molar-refractivity contribution in [2.75, 3.05) is 0 Å². The Labute approximate surface area is 120 Å². The summed E-state index contributed by atoms with van der Waals surface area (Å²) in [4.78, 5) is 11.5. The molecule has 104 valence electrons. The van der Waals surface area contributed by atoms with E-state index in [1.807, 2.05) is 0 Å². The number of carbonyl (C=O) groups is 1. The van der Waals surface area contributed by atoms with E-state index in [1.165, 1.54) is 0 Å². The minimum absolute atomic E-state index is 0.111. The van der Waals surface area contributed by atoms with Crippen molar-refractivity contribution >= 4 is 33.5 Å². The molecule has 0 aromatic heterocycles. The minimum Gasteiger partial charge on any atom is -0.481 e. The van der Waals surface area contributed by atoms with Gasteiger partial charge in [0.2, 0.25) is 0 Å². The molecule has 0 amide bonds. The highest BCUT2D eigenvalue weighted by atomic mass is 79.9. The molecule has 1 N–H and O–H groups in total. The summed E-state index contributed by atoms with van der Waals surface area (Å²) < 4.78 is 40.7. The van der Waals surface area contributed by atoms with Gasteiger partial charge in [-0.25, -0.2) is 13.2 Å². The van der Waals surface area contributed by atoms with Crippen molar-refractivity contribution in [2.45, 2.75) is 31.1 Å². The molecule has 7 heteroatoms. The molecule has 1 aliphatic rings. The number of aliphatic carboxylic acids is 1. The van der Waals surface area contributed by atoms with Crippen molar-refractivity contribution < 1.29 is 23.1 Å². The van der Waals surface area contributed by atoms with Gasteiger partial charge in [0, 0.05) is 5.56 Å². The van der Waals surface area contributed by atoms with Crippen molar-refractivity contribution in [1.82, 2.24) is 0 Å². The Morgan fingerprint density at radius 1 is 1.16 bits per heavy atom. The highest BCUT2D eigenvalue weighted by molar-refractivity contribution is 9.10. The third kappa shape index (κ3) is 2.05. The van der Waals surface area contributed by atoms with Gasteiger partial charge >= 0.3 is 5.97 Å². The molecule has 1 saturated carbocycles. The SMILES string of the molecule is O=C(O)C1(c2c(F)c(F)c(Br)c(F)c2Cl)CCCC1. The molecule has 0 atom stereocenters. The lowest BCUT2D eigenvalue weighted by atomic mass is 9.78. The van der Waals surface area contributed by atoms with E-state index >= 15 is 0 Å². The van der Waals surface area contributed by atoms with Crippen LogP contribution < -0.4 is 0 Å². The van der Waals surface area contributed by atoms with Crippen LogP contribution in [-0.2, 0) is 10.2 Å². The molecule has 2 nitrogen and oxygen atoms in total. The Kier molecular flexibility index (Phi) is 3.84. The summed E-state index contributed by atoms with van der Waals surface area (Å²) in [7, 11) is 0. The Morgan fingerprint density at radius 2 is 1.68 bits per heavy atom. The largest absolute Gasteiger partial charge is 0.481 e. The maximum absolute atomic E-state index is 14.0. The fourth-order valence-corrected chi connectivity index (χ4v) is 3.42. The number of carboxylic acids is 1. The van der Waals surface area contributed by atoms with Crippen LogP contribution in [-0.4, -0.2) is 11.1 Å². The molecule has 0 heterocycles. The normalized spacial score (nSPS) is 17.7. The van der Waals surface area contributed by atoms with Crippen LogP contribution in [0.2, 0.25) is 5.02 Å².